The molecular formula is C22H23ClN4O2S. The third kappa shape index (κ3) is 5.17. The standard InChI is InChI=1S/C22H23ClN4O2S/c1-3-27(4-2)16-11-9-15(10-12-16)13-25-26-19(28)14-24-22(29)21-20(23)17-7-5-6-8-18(17)30-21/h5-13H,3-4,14H2,1-2H3,(H,24,29)(H,26,28). The molecule has 8 heteroatoms. The first kappa shape index (κ1) is 21.8. The van der Waals surface area contributed by atoms with Crippen molar-refractivity contribution in [2.45, 2.75) is 13.8 Å². The Morgan fingerprint density at radius 1 is 1.10 bits per heavy atom. The first-order valence-corrected chi connectivity index (χ1v) is 10.8. The molecule has 30 heavy (non-hydrogen) atoms. The van der Waals surface area contributed by atoms with E-state index in [4.69, 9.17) is 11.6 Å². The molecule has 0 aliphatic rings. The summed E-state index contributed by atoms with van der Waals surface area (Å²) >= 11 is 7.59. The van der Waals surface area contributed by atoms with Gasteiger partial charge in [-0.3, -0.25) is 9.59 Å². The number of hydrogen-bond donors (Lipinski definition) is 2. The molecule has 0 radical (unpaired) electrons. The van der Waals surface area contributed by atoms with E-state index >= 15 is 0 Å². The number of hydrazone groups is 1. The van der Waals surface area contributed by atoms with Gasteiger partial charge in [0, 0.05) is 28.9 Å². The largest absolute Gasteiger partial charge is 0.372 e. The Kier molecular flexibility index (Phi) is 7.43. The number of halogens is 1. The number of amides is 2. The highest BCUT2D eigenvalue weighted by molar-refractivity contribution is 7.21. The fourth-order valence-electron chi connectivity index (χ4n) is 2.98. The third-order valence-corrected chi connectivity index (χ3v) is 6.25. The molecule has 0 spiro atoms. The zero-order valence-corrected chi connectivity index (χ0v) is 18.4. The van der Waals surface area contributed by atoms with E-state index in [1.807, 2.05) is 48.5 Å². The van der Waals surface area contributed by atoms with E-state index in [2.05, 4.69) is 34.6 Å². The summed E-state index contributed by atoms with van der Waals surface area (Å²) in [6.07, 6.45) is 1.56. The SMILES string of the molecule is CCN(CC)c1ccc(C=NNC(=O)CNC(=O)c2sc3ccccc3c2Cl)cc1. The Hall–Kier alpha value is -2.90. The second-order valence-electron chi connectivity index (χ2n) is 6.48. The molecule has 0 atom stereocenters. The molecule has 2 amide bonds. The first-order valence-electron chi connectivity index (χ1n) is 9.65. The van der Waals surface area contributed by atoms with E-state index in [9.17, 15) is 9.59 Å². The van der Waals surface area contributed by atoms with Crippen LogP contribution in [0.3, 0.4) is 0 Å². The maximum atomic E-state index is 12.4. The normalized spacial score (nSPS) is 11.0. The minimum absolute atomic E-state index is 0.193. The van der Waals surface area contributed by atoms with Crippen LogP contribution >= 0.6 is 22.9 Å². The molecule has 0 saturated heterocycles. The van der Waals surface area contributed by atoms with Crippen LogP contribution in [0.25, 0.3) is 10.1 Å². The van der Waals surface area contributed by atoms with Crippen molar-refractivity contribution in [3.05, 3.63) is 64.0 Å². The van der Waals surface area contributed by atoms with Gasteiger partial charge in [0.2, 0.25) is 0 Å². The number of fused-ring (bicyclic) bond motifs is 1. The van der Waals surface area contributed by atoms with Gasteiger partial charge in [0.15, 0.2) is 0 Å². The molecule has 0 aliphatic carbocycles. The summed E-state index contributed by atoms with van der Waals surface area (Å²) in [5.74, 6) is -0.802. The predicted molar refractivity (Wildman–Crippen MR) is 125 cm³/mol. The average molecular weight is 443 g/mol. The minimum atomic E-state index is -0.420. The Bertz CT molecular complexity index is 1060. The molecule has 2 N–H and O–H groups in total. The Morgan fingerprint density at radius 3 is 2.47 bits per heavy atom. The third-order valence-electron chi connectivity index (χ3n) is 4.58. The van der Waals surface area contributed by atoms with Crippen molar-refractivity contribution in [2.75, 3.05) is 24.5 Å². The molecule has 1 heterocycles. The van der Waals surface area contributed by atoms with E-state index in [-0.39, 0.29) is 12.5 Å². The van der Waals surface area contributed by atoms with Gasteiger partial charge in [-0.25, -0.2) is 5.43 Å². The summed E-state index contributed by atoms with van der Waals surface area (Å²) in [4.78, 5) is 27.0. The molecule has 2 aromatic carbocycles. The maximum absolute atomic E-state index is 12.4. The molecule has 3 aromatic rings. The van der Waals surface area contributed by atoms with Crippen LogP contribution in [0.5, 0.6) is 0 Å². The number of nitrogens with one attached hydrogen (secondary N) is 2. The lowest BCUT2D eigenvalue weighted by Gasteiger charge is -2.20. The van der Waals surface area contributed by atoms with Gasteiger partial charge < -0.3 is 10.2 Å². The van der Waals surface area contributed by atoms with Gasteiger partial charge in [-0.1, -0.05) is 41.9 Å². The van der Waals surface area contributed by atoms with Crippen LogP contribution in [0.4, 0.5) is 5.69 Å². The van der Waals surface area contributed by atoms with Crippen LogP contribution in [-0.2, 0) is 4.79 Å². The summed E-state index contributed by atoms with van der Waals surface area (Å²) < 4.78 is 0.925. The number of anilines is 1. The van der Waals surface area contributed by atoms with Crippen LogP contribution in [0.1, 0.15) is 29.1 Å². The first-order chi connectivity index (χ1) is 14.5. The molecule has 6 nitrogen and oxygen atoms in total. The molecule has 0 unspecified atom stereocenters. The van der Waals surface area contributed by atoms with E-state index in [1.165, 1.54) is 11.3 Å². The van der Waals surface area contributed by atoms with Gasteiger partial charge >= 0.3 is 0 Å². The number of hydrogen-bond acceptors (Lipinski definition) is 5. The van der Waals surface area contributed by atoms with E-state index in [0.717, 1.165) is 34.4 Å². The molecule has 3 rings (SSSR count). The molecule has 1 aromatic heterocycles. The summed E-state index contributed by atoms with van der Waals surface area (Å²) in [7, 11) is 0. The van der Waals surface area contributed by atoms with Gasteiger partial charge in [0.05, 0.1) is 17.8 Å². The highest BCUT2D eigenvalue weighted by Gasteiger charge is 2.17. The van der Waals surface area contributed by atoms with Crippen LogP contribution in [0.15, 0.2) is 53.6 Å². The molecule has 156 valence electrons. The van der Waals surface area contributed by atoms with Crippen molar-refractivity contribution in [1.29, 1.82) is 0 Å². The number of carbonyl (C=O) groups is 2. The molecular weight excluding hydrogens is 420 g/mol. The number of rotatable bonds is 8. The lowest BCUT2D eigenvalue weighted by molar-refractivity contribution is -0.120. The van der Waals surface area contributed by atoms with E-state index in [1.54, 1.807) is 6.21 Å². The Balaban J connectivity index is 1.50. The Morgan fingerprint density at radius 2 is 1.80 bits per heavy atom. The highest BCUT2D eigenvalue weighted by atomic mass is 35.5. The summed E-state index contributed by atoms with van der Waals surface area (Å²) in [6.45, 7) is 5.92. The van der Waals surface area contributed by atoms with Crippen molar-refractivity contribution in [3.8, 4) is 0 Å². The fraction of sp³-hybridized carbons (Fsp3) is 0.227. The van der Waals surface area contributed by atoms with Gasteiger partial charge in [0.1, 0.15) is 4.88 Å². The highest BCUT2D eigenvalue weighted by Crippen LogP contribution is 2.34. The molecule has 0 fully saturated rings. The second kappa shape index (κ2) is 10.2. The van der Waals surface area contributed by atoms with Gasteiger partial charge in [-0.2, -0.15) is 5.10 Å². The van der Waals surface area contributed by atoms with Crippen molar-refractivity contribution in [2.24, 2.45) is 5.10 Å². The fourth-order valence-corrected chi connectivity index (χ4v) is 4.41. The van der Waals surface area contributed by atoms with Gasteiger partial charge in [-0.05, 0) is 37.6 Å². The van der Waals surface area contributed by atoms with Crippen molar-refractivity contribution < 1.29 is 9.59 Å². The summed E-state index contributed by atoms with van der Waals surface area (Å²) in [5, 5.41) is 7.76. The average Bonchev–Trinajstić information content (AvgIpc) is 3.11. The van der Waals surface area contributed by atoms with Crippen LogP contribution in [0, 0.1) is 0 Å². The number of carbonyl (C=O) groups excluding carboxylic acids is 2. The van der Waals surface area contributed by atoms with E-state index < -0.39 is 5.91 Å². The Labute approximate surface area is 184 Å². The summed E-state index contributed by atoms with van der Waals surface area (Å²) in [6, 6.07) is 15.4. The minimum Gasteiger partial charge on any atom is -0.372 e. The molecule has 0 aliphatic heterocycles. The number of nitrogens with zero attached hydrogens (tertiary/aromatic N) is 2. The van der Waals surface area contributed by atoms with Crippen molar-refractivity contribution in [1.82, 2.24) is 10.7 Å². The van der Waals surface area contributed by atoms with Crippen LogP contribution in [-0.4, -0.2) is 37.7 Å². The number of benzene rings is 2. The molecule has 0 saturated carbocycles. The quantitative estimate of drug-likeness (QED) is 0.404. The van der Waals surface area contributed by atoms with Crippen LogP contribution in [0.2, 0.25) is 5.02 Å². The van der Waals surface area contributed by atoms with Gasteiger partial charge in [0.25, 0.3) is 11.8 Å². The maximum Gasteiger partial charge on any atom is 0.263 e. The summed E-state index contributed by atoms with van der Waals surface area (Å²) in [5.41, 5.74) is 4.42. The predicted octanol–water partition coefficient (Wildman–Crippen LogP) is 4.28. The second-order valence-corrected chi connectivity index (χ2v) is 7.91. The molecule has 0 bridgehead atoms. The number of thiophene rings is 1. The zero-order valence-electron chi connectivity index (χ0n) is 16.8. The zero-order chi connectivity index (χ0) is 21.5. The van der Waals surface area contributed by atoms with E-state index in [0.29, 0.717) is 9.90 Å². The smallest absolute Gasteiger partial charge is 0.263 e. The topological polar surface area (TPSA) is 73.8 Å². The monoisotopic (exact) mass is 442 g/mol. The lowest BCUT2D eigenvalue weighted by atomic mass is 10.2. The van der Waals surface area contributed by atoms with Crippen LogP contribution < -0.4 is 15.6 Å². The van der Waals surface area contributed by atoms with Crippen molar-refractivity contribution >= 4 is 56.7 Å². The van der Waals surface area contributed by atoms with Gasteiger partial charge in [-0.15, -0.1) is 11.3 Å². The lowest BCUT2D eigenvalue weighted by Crippen LogP contribution is -2.34. The van der Waals surface area contributed by atoms with Crippen molar-refractivity contribution in [3.63, 3.8) is 0 Å².